The zero-order valence-electron chi connectivity index (χ0n) is 16.6. The van der Waals surface area contributed by atoms with Gasteiger partial charge in [0.2, 0.25) is 0 Å². The predicted molar refractivity (Wildman–Crippen MR) is 108 cm³/mol. The first-order valence-corrected chi connectivity index (χ1v) is 9.98. The molecule has 0 radical (unpaired) electrons. The van der Waals surface area contributed by atoms with Crippen LogP contribution < -0.4 is 9.47 Å². The van der Waals surface area contributed by atoms with Gasteiger partial charge in [-0.15, -0.1) is 0 Å². The molecule has 156 valence electrons. The van der Waals surface area contributed by atoms with Gasteiger partial charge in [-0.2, -0.15) is 0 Å². The number of carbonyl (C=O) groups is 3. The number of hydrogen-bond donors (Lipinski definition) is 0. The van der Waals surface area contributed by atoms with E-state index in [1.54, 1.807) is 30.3 Å². The summed E-state index contributed by atoms with van der Waals surface area (Å²) < 4.78 is 16.6. The lowest BCUT2D eigenvalue weighted by atomic mass is 10.1. The Morgan fingerprint density at radius 2 is 1.87 bits per heavy atom. The predicted octanol–water partition coefficient (Wildman–Crippen LogP) is 3.54. The summed E-state index contributed by atoms with van der Waals surface area (Å²) in [6.45, 7) is 4.24. The van der Waals surface area contributed by atoms with Crippen molar-refractivity contribution >= 4 is 29.4 Å². The number of aryl methyl sites for hydroxylation is 1. The molecule has 2 heterocycles. The van der Waals surface area contributed by atoms with Crippen LogP contribution in [0.3, 0.4) is 0 Å². The lowest BCUT2D eigenvalue weighted by Crippen LogP contribution is -2.43. The van der Waals surface area contributed by atoms with Gasteiger partial charge in [-0.1, -0.05) is 23.2 Å². The van der Waals surface area contributed by atoms with Crippen LogP contribution in [0.25, 0.3) is 0 Å². The molecular weight excluding hydrogens is 410 g/mol. The summed E-state index contributed by atoms with van der Waals surface area (Å²) in [7, 11) is 0. The minimum Gasteiger partial charge on any atom is -0.489 e. The first-order chi connectivity index (χ1) is 14.4. The maximum atomic E-state index is 12.7. The topological polar surface area (TPSA) is 82.1 Å². The minimum atomic E-state index is -1.06. The quantitative estimate of drug-likeness (QED) is 0.546. The Bertz CT molecular complexity index is 1050. The van der Waals surface area contributed by atoms with E-state index in [0.29, 0.717) is 46.4 Å². The van der Waals surface area contributed by atoms with Crippen molar-refractivity contribution in [3.8, 4) is 11.5 Å². The van der Waals surface area contributed by atoms with Crippen LogP contribution in [0.4, 0.5) is 0 Å². The molecule has 2 aliphatic rings. The molecular formula is C22H20ClNO6. The molecule has 7 nitrogen and oxygen atoms in total. The number of imide groups is 1. The minimum absolute atomic E-state index is 0.0815. The molecule has 0 fully saturated rings. The van der Waals surface area contributed by atoms with Gasteiger partial charge >= 0.3 is 5.97 Å². The van der Waals surface area contributed by atoms with Crippen LogP contribution in [-0.2, 0) is 16.1 Å². The third kappa shape index (κ3) is 3.61. The second kappa shape index (κ2) is 7.99. The fourth-order valence-corrected chi connectivity index (χ4v) is 3.76. The molecule has 0 saturated heterocycles. The third-order valence-corrected chi connectivity index (χ3v) is 5.33. The molecule has 0 bridgehead atoms. The Hall–Kier alpha value is -3.06. The summed E-state index contributed by atoms with van der Waals surface area (Å²) in [5.41, 5.74) is 2.07. The molecule has 2 aliphatic heterocycles. The Balaban J connectivity index is 1.46. The number of hydrogen-bond acceptors (Lipinski definition) is 6. The van der Waals surface area contributed by atoms with Crippen molar-refractivity contribution in [2.45, 2.75) is 32.9 Å². The maximum Gasteiger partial charge on any atom is 0.329 e. The van der Waals surface area contributed by atoms with Crippen molar-refractivity contribution in [2.24, 2.45) is 0 Å². The Morgan fingerprint density at radius 1 is 1.13 bits per heavy atom. The highest BCUT2D eigenvalue weighted by molar-refractivity contribution is 6.32. The number of benzene rings is 2. The van der Waals surface area contributed by atoms with Gasteiger partial charge in [0.1, 0.15) is 12.6 Å². The van der Waals surface area contributed by atoms with Gasteiger partial charge in [0.15, 0.2) is 11.5 Å². The van der Waals surface area contributed by atoms with E-state index in [4.69, 9.17) is 25.8 Å². The van der Waals surface area contributed by atoms with Gasteiger partial charge < -0.3 is 14.2 Å². The fraction of sp³-hybridized carbons (Fsp3) is 0.318. The van der Waals surface area contributed by atoms with Gasteiger partial charge in [-0.05, 0) is 43.7 Å². The van der Waals surface area contributed by atoms with E-state index < -0.39 is 23.8 Å². The smallest absolute Gasteiger partial charge is 0.329 e. The number of rotatable bonds is 4. The molecule has 0 aromatic heterocycles. The maximum absolute atomic E-state index is 12.7. The summed E-state index contributed by atoms with van der Waals surface area (Å²) in [5.74, 6) is -0.724. The molecule has 2 aromatic rings. The second-order valence-corrected chi connectivity index (χ2v) is 7.68. The Kier molecular flexibility index (Phi) is 5.39. The molecule has 0 saturated carbocycles. The van der Waals surface area contributed by atoms with Crippen molar-refractivity contribution < 1.29 is 28.6 Å². The summed E-state index contributed by atoms with van der Waals surface area (Å²) in [6, 6.07) is 7.28. The van der Waals surface area contributed by atoms with Gasteiger partial charge in [0.05, 0.1) is 29.4 Å². The van der Waals surface area contributed by atoms with E-state index in [-0.39, 0.29) is 6.61 Å². The number of fused-ring (bicyclic) bond motifs is 2. The molecule has 0 aliphatic carbocycles. The molecule has 1 unspecified atom stereocenters. The highest BCUT2D eigenvalue weighted by Gasteiger charge is 2.41. The molecule has 2 amide bonds. The third-order valence-electron chi connectivity index (χ3n) is 5.04. The van der Waals surface area contributed by atoms with Crippen molar-refractivity contribution in [3.05, 3.63) is 57.6 Å². The first kappa shape index (κ1) is 20.2. The van der Waals surface area contributed by atoms with E-state index in [1.807, 2.05) is 6.92 Å². The number of esters is 1. The van der Waals surface area contributed by atoms with E-state index in [0.717, 1.165) is 16.9 Å². The second-order valence-electron chi connectivity index (χ2n) is 7.27. The summed E-state index contributed by atoms with van der Waals surface area (Å²) >= 11 is 6.26. The molecule has 0 N–H and O–H groups in total. The fourth-order valence-electron chi connectivity index (χ4n) is 3.47. The normalized spacial score (nSPS) is 16.2. The van der Waals surface area contributed by atoms with Gasteiger partial charge in [0, 0.05) is 6.42 Å². The van der Waals surface area contributed by atoms with E-state index in [2.05, 4.69) is 0 Å². The zero-order chi connectivity index (χ0) is 21.4. The van der Waals surface area contributed by atoms with Crippen molar-refractivity contribution in [1.29, 1.82) is 0 Å². The summed E-state index contributed by atoms with van der Waals surface area (Å²) in [4.78, 5) is 38.8. The van der Waals surface area contributed by atoms with E-state index in [9.17, 15) is 14.4 Å². The molecule has 30 heavy (non-hydrogen) atoms. The molecule has 0 spiro atoms. The lowest BCUT2D eigenvalue weighted by molar-refractivity contribution is -0.149. The molecule has 1 atom stereocenters. The van der Waals surface area contributed by atoms with Crippen molar-refractivity contribution in [3.63, 3.8) is 0 Å². The van der Waals surface area contributed by atoms with Crippen LogP contribution in [-0.4, -0.2) is 41.9 Å². The highest BCUT2D eigenvalue weighted by Crippen LogP contribution is 2.38. The van der Waals surface area contributed by atoms with E-state index in [1.165, 1.54) is 6.92 Å². The average molecular weight is 430 g/mol. The van der Waals surface area contributed by atoms with E-state index >= 15 is 0 Å². The Morgan fingerprint density at radius 3 is 2.67 bits per heavy atom. The van der Waals surface area contributed by atoms with Crippen LogP contribution in [0, 0.1) is 6.92 Å². The van der Waals surface area contributed by atoms with Crippen LogP contribution in [0.2, 0.25) is 5.02 Å². The van der Waals surface area contributed by atoms with Crippen LogP contribution >= 0.6 is 11.6 Å². The highest BCUT2D eigenvalue weighted by atomic mass is 35.5. The largest absolute Gasteiger partial charge is 0.489 e. The Labute approximate surface area is 178 Å². The van der Waals surface area contributed by atoms with Crippen LogP contribution in [0.1, 0.15) is 45.2 Å². The van der Waals surface area contributed by atoms with Crippen LogP contribution in [0.5, 0.6) is 11.5 Å². The number of amides is 2. The first-order valence-electron chi connectivity index (χ1n) is 9.60. The van der Waals surface area contributed by atoms with Crippen molar-refractivity contribution in [2.75, 3.05) is 13.2 Å². The number of nitrogens with zero attached hydrogens (tertiary/aromatic N) is 1. The summed E-state index contributed by atoms with van der Waals surface area (Å²) in [6.07, 6.45) is 0.743. The van der Waals surface area contributed by atoms with Crippen molar-refractivity contribution in [1.82, 2.24) is 4.90 Å². The van der Waals surface area contributed by atoms with Gasteiger partial charge in [-0.25, -0.2) is 4.79 Å². The summed E-state index contributed by atoms with van der Waals surface area (Å²) in [5, 5.41) is 0.365. The standard InChI is InChI=1S/C22H20ClNO6/c1-12-4-5-15-16(8-12)21(26)24(20(15)25)13(2)22(27)30-11-14-9-17(23)19-18(10-14)28-6-3-7-29-19/h4-5,8-10,13H,3,6-7,11H2,1-2H3. The number of carbonyl (C=O) groups excluding carboxylic acids is 3. The SMILES string of the molecule is Cc1ccc2c(c1)C(=O)N(C(C)C(=O)OCc1cc(Cl)c3c(c1)OCCCO3)C2=O. The van der Waals surface area contributed by atoms with Crippen LogP contribution in [0.15, 0.2) is 30.3 Å². The zero-order valence-corrected chi connectivity index (χ0v) is 17.3. The molecule has 8 heteroatoms. The van der Waals surface area contributed by atoms with Gasteiger partial charge in [0.25, 0.3) is 11.8 Å². The number of ether oxygens (including phenoxy) is 3. The van der Waals surface area contributed by atoms with Gasteiger partial charge in [-0.3, -0.25) is 14.5 Å². The molecule has 4 rings (SSSR count). The average Bonchev–Trinajstić information content (AvgIpc) is 2.88. The monoisotopic (exact) mass is 429 g/mol. The molecule has 2 aromatic carbocycles. The number of halogens is 1. The lowest BCUT2D eigenvalue weighted by Gasteiger charge is -2.21.